The highest BCUT2D eigenvalue weighted by molar-refractivity contribution is 5.79. The van der Waals surface area contributed by atoms with Gasteiger partial charge >= 0.3 is 0 Å². The average molecular weight is 245 g/mol. The first kappa shape index (κ1) is 11.3. The fourth-order valence-electron chi connectivity index (χ4n) is 2.37. The summed E-state index contributed by atoms with van der Waals surface area (Å²) >= 11 is 0. The molecule has 4 heteroatoms. The maximum Gasteiger partial charge on any atom is 0.225 e. The Kier molecular flexibility index (Phi) is 2.80. The molecule has 0 saturated carbocycles. The zero-order chi connectivity index (χ0) is 12.5. The second kappa shape index (κ2) is 4.46. The van der Waals surface area contributed by atoms with Crippen molar-refractivity contribution in [2.75, 3.05) is 13.1 Å². The van der Waals surface area contributed by atoms with Gasteiger partial charge in [-0.2, -0.15) is 0 Å². The number of rotatable bonds is 3. The van der Waals surface area contributed by atoms with E-state index in [0.29, 0.717) is 19.5 Å². The number of nitrogens with zero attached hydrogens (tertiary/aromatic N) is 1. The predicted molar refractivity (Wildman–Crippen MR) is 67.1 cm³/mol. The van der Waals surface area contributed by atoms with E-state index in [1.165, 1.54) is 0 Å². The van der Waals surface area contributed by atoms with Crippen LogP contribution in [0.3, 0.4) is 0 Å². The van der Waals surface area contributed by atoms with E-state index in [-0.39, 0.29) is 12.3 Å². The number of benzene rings is 1. The van der Waals surface area contributed by atoms with E-state index in [1.54, 1.807) is 4.90 Å². The molecular formula is C14H15NO3. The first-order valence-corrected chi connectivity index (χ1v) is 6.15. The van der Waals surface area contributed by atoms with Gasteiger partial charge in [0.05, 0.1) is 12.5 Å². The van der Waals surface area contributed by atoms with Gasteiger partial charge in [-0.15, -0.1) is 0 Å². The van der Waals surface area contributed by atoms with Crippen molar-refractivity contribution < 1.29 is 14.3 Å². The van der Waals surface area contributed by atoms with Crippen molar-refractivity contribution >= 4 is 16.9 Å². The highest BCUT2D eigenvalue weighted by Gasteiger charge is 2.27. The molecule has 0 radical (unpaired) electrons. The van der Waals surface area contributed by atoms with Crippen LogP contribution in [0.4, 0.5) is 0 Å². The summed E-state index contributed by atoms with van der Waals surface area (Å²) in [5.41, 5.74) is 0.875. The van der Waals surface area contributed by atoms with Crippen molar-refractivity contribution in [2.45, 2.75) is 18.9 Å². The van der Waals surface area contributed by atoms with Crippen molar-refractivity contribution in [3.63, 3.8) is 0 Å². The average Bonchev–Trinajstić information content (AvgIpc) is 2.89. The molecule has 0 spiro atoms. The lowest BCUT2D eigenvalue weighted by molar-refractivity contribution is -0.127. The van der Waals surface area contributed by atoms with E-state index in [0.717, 1.165) is 16.7 Å². The number of para-hydroxylation sites is 1. The zero-order valence-electron chi connectivity index (χ0n) is 10.0. The molecule has 3 rings (SSSR count). The Bertz CT molecular complexity index is 542. The van der Waals surface area contributed by atoms with Crippen LogP contribution in [-0.4, -0.2) is 35.1 Å². The summed E-state index contributed by atoms with van der Waals surface area (Å²) in [6.07, 6.45) is 0.431. The molecule has 94 valence electrons. The van der Waals surface area contributed by atoms with Crippen molar-refractivity contribution in [3.8, 4) is 0 Å². The molecule has 18 heavy (non-hydrogen) atoms. The molecule has 0 bridgehead atoms. The van der Waals surface area contributed by atoms with Crippen molar-refractivity contribution in [3.05, 3.63) is 36.1 Å². The quantitative estimate of drug-likeness (QED) is 0.893. The number of amides is 1. The smallest absolute Gasteiger partial charge is 0.225 e. The SMILES string of the molecule is O=C1CC(O)CN1CCc1cc2ccccc2o1. The molecule has 0 aliphatic carbocycles. The summed E-state index contributed by atoms with van der Waals surface area (Å²) in [5, 5.41) is 10.5. The Hall–Kier alpha value is -1.81. The molecule has 1 aliphatic rings. The Balaban J connectivity index is 1.68. The standard InChI is InChI=1S/C14H15NO3/c16-11-8-14(17)15(9-11)6-5-12-7-10-3-1-2-4-13(10)18-12/h1-4,7,11,16H,5-6,8-9H2. The number of hydrogen-bond donors (Lipinski definition) is 1. The molecule has 2 heterocycles. The Morgan fingerprint density at radius 2 is 2.22 bits per heavy atom. The van der Waals surface area contributed by atoms with Crippen LogP contribution in [0.25, 0.3) is 11.0 Å². The summed E-state index contributed by atoms with van der Waals surface area (Å²) in [7, 11) is 0. The van der Waals surface area contributed by atoms with E-state index in [4.69, 9.17) is 4.42 Å². The molecule has 2 aromatic rings. The number of carbonyl (C=O) groups excluding carboxylic acids is 1. The zero-order valence-corrected chi connectivity index (χ0v) is 10.0. The third-order valence-corrected chi connectivity index (χ3v) is 3.30. The van der Waals surface area contributed by atoms with Crippen LogP contribution in [0.5, 0.6) is 0 Å². The van der Waals surface area contributed by atoms with Crippen LogP contribution in [0.15, 0.2) is 34.7 Å². The lowest BCUT2D eigenvalue weighted by atomic mass is 10.2. The van der Waals surface area contributed by atoms with Crippen LogP contribution in [-0.2, 0) is 11.2 Å². The van der Waals surface area contributed by atoms with E-state index >= 15 is 0 Å². The number of likely N-dealkylation sites (tertiary alicyclic amines) is 1. The van der Waals surface area contributed by atoms with Crippen LogP contribution in [0.2, 0.25) is 0 Å². The fourth-order valence-corrected chi connectivity index (χ4v) is 2.37. The maximum absolute atomic E-state index is 11.5. The van der Waals surface area contributed by atoms with Crippen molar-refractivity contribution in [1.29, 1.82) is 0 Å². The number of fused-ring (bicyclic) bond motifs is 1. The van der Waals surface area contributed by atoms with Gasteiger partial charge in [-0.25, -0.2) is 0 Å². The van der Waals surface area contributed by atoms with Crippen LogP contribution in [0, 0.1) is 0 Å². The Morgan fingerprint density at radius 3 is 2.94 bits per heavy atom. The predicted octanol–water partition coefficient (Wildman–Crippen LogP) is 1.57. The minimum absolute atomic E-state index is 0.0265. The highest BCUT2D eigenvalue weighted by atomic mass is 16.3. The van der Waals surface area contributed by atoms with E-state index in [1.807, 2.05) is 30.3 Å². The van der Waals surface area contributed by atoms with Gasteiger partial charge in [0.25, 0.3) is 0 Å². The number of carbonyl (C=O) groups is 1. The number of aliphatic hydroxyl groups is 1. The highest BCUT2D eigenvalue weighted by Crippen LogP contribution is 2.20. The van der Waals surface area contributed by atoms with Gasteiger partial charge in [0, 0.05) is 24.9 Å². The van der Waals surface area contributed by atoms with Gasteiger partial charge in [0.1, 0.15) is 11.3 Å². The Morgan fingerprint density at radius 1 is 1.39 bits per heavy atom. The third-order valence-electron chi connectivity index (χ3n) is 3.30. The summed E-state index contributed by atoms with van der Waals surface area (Å²) in [6, 6.07) is 9.86. The minimum atomic E-state index is -0.506. The largest absolute Gasteiger partial charge is 0.461 e. The van der Waals surface area contributed by atoms with Gasteiger partial charge in [-0.3, -0.25) is 4.79 Å². The summed E-state index contributed by atoms with van der Waals surface area (Å²) in [5.74, 6) is 0.906. The lowest BCUT2D eigenvalue weighted by Gasteiger charge is -2.14. The van der Waals surface area contributed by atoms with Gasteiger partial charge in [0.2, 0.25) is 5.91 Å². The van der Waals surface area contributed by atoms with Gasteiger partial charge in [-0.05, 0) is 12.1 Å². The number of β-amino-alcohol motifs (C(OH)–C–C–N with tert-alkyl or cyclic N) is 1. The van der Waals surface area contributed by atoms with Crippen LogP contribution >= 0.6 is 0 Å². The van der Waals surface area contributed by atoms with Crippen LogP contribution < -0.4 is 0 Å². The topological polar surface area (TPSA) is 53.7 Å². The summed E-state index contributed by atoms with van der Waals surface area (Å²) in [6.45, 7) is 1.05. The molecule has 1 aliphatic heterocycles. The van der Waals surface area contributed by atoms with E-state index in [2.05, 4.69) is 0 Å². The molecule has 4 nitrogen and oxygen atoms in total. The second-order valence-corrected chi connectivity index (χ2v) is 4.70. The van der Waals surface area contributed by atoms with E-state index < -0.39 is 6.10 Å². The molecule has 1 unspecified atom stereocenters. The van der Waals surface area contributed by atoms with Gasteiger partial charge in [0.15, 0.2) is 0 Å². The molecule has 1 aromatic heterocycles. The minimum Gasteiger partial charge on any atom is -0.461 e. The number of hydrogen-bond acceptors (Lipinski definition) is 3. The summed E-state index contributed by atoms with van der Waals surface area (Å²) in [4.78, 5) is 13.2. The van der Waals surface area contributed by atoms with Crippen molar-refractivity contribution in [1.82, 2.24) is 4.90 Å². The van der Waals surface area contributed by atoms with Crippen LogP contribution in [0.1, 0.15) is 12.2 Å². The first-order chi connectivity index (χ1) is 8.72. The lowest BCUT2D eigenvalue weighted by Crippen LogP contribution is -2.28. The molecule has 1 aromatic carbocycles. The molecular weight excluding hydrogens is 230 g/mol. The molecule has 1 amide bonds. The maximum atomic E-state index is 11.5. The van der Waals surface area contributed by atoms with Gasteiger partial charge in [-0.1, -0.05) is 18.2 Å². The molecule has 1 fully saturated rings. The van der Waals surface area contributed by atoms with E-state index in [9.17, 15) is 9.90 Å². The monoisotopic (exact) mass is 245 g/mol. The molecule has 1 atom stereocenters. The first-order valence-electron chi connectivity index (χ1n) is 6.15. The second-order valence-electron chi connectivity index (χ2n) is 4.70. The Labute approximate surface area is 105 Å². The number of furan rings is 1. The summed E-state index contributed by atoms with van der Waals surface area (Å²) < 4.78 is 5.69. The molecule has 1 saturated heterocycles. The fraction of sp³-hybridized carbons (Fsp3) is 0.357. The molecule has 1 N–H and O–H groups in total. The van der Waals surface area contributed by atoms with Crippen molar-refractivity contribution in [2.24, 2.45) is 0 Å². The van der Waals surface area contributed by atoms with Gasteiger partial charge < -0.3 is 14.4 Å². The normalized spacial score (nSPS) is 19.9. The third kappa shape index (κ3) is 2.11. The number of aliphatic hydroxyl groups excluding tert-OH is 1.